The van der Waals surface area contributed by atoms with Crippen molar-refractivity contribution in [2.24, 2.45) is 0 Å². The number of allylic oxidation sites excluding steroid dienone is 14. The van der Waals surface area contributed by atoms with Crippen LogP contribution < -0.4 is 0 Å². The molecule has 0 aliphatic heterocycles. The summed E-state index contributed by atoms with van der Waals surface area (Å²) in [6.45, 7) is 4.78. The average Bonchev–Trinajstić information content (AvgIpc) is 1.01. The first kappa shape index (κ1) is 96.2. The number of aliphatic hydroxyl groups is 1. The van der Waals surface area contributed by atoms with Crippen LogP contribution in [0.25, 0.3) is 0 Å². The summed E-state index contributed by atoms with van der Waals surface area (Å²) in [4.78, 5) is 73.0. The van der Waals surface area contributed by atoms with Crippen molar-refractivity contribution in [1.29, 1.82) is 0 Å². The fourth-order valence-corrected chi connectivity index (χ4v) is 12.3. The zero-order valence-corrected chi connectivity index (χ0v) is 65.2. The molecule has 580 valence electrons. The summed E-state index contributed by atoms with van der Waals surface area (Å²) in [5, 5.41) is 10.6. The number of hydrogen-bond donors (Lipinski definition) is 3. The number of aliphatic hydroxyl groups excluding tert-OH is 1. The van der Waals surface area contributed by atoms with E-state index in [1.165, 1.54) is 103 Å². The van der Waals surface area contributed by atoms with Crippen LogP contribution in [0, 0.1) is 0 Å². The fourth-order valence-electron chi connectivity index (χ4n) is 10.7. The van der Waals surface area contributed by atoms with Crippen LogP contribution in [0.3, 0.4) is 0 Å². The Morgan fingerprint density at radius 3 is 0.840 bits per heavy atom. The number of rotatable bonds is 75. The van der Waals surface area contributed by atoms with Gasteiger partial charge >= 0.3 is 39.5 Å². The third-order valence-electron chi connectivity index (χ3n) is 16.8. The lowest BCUT2D eigenvalue weighted by Gasteiger charge is -2.21. The Bertz CT molecular complexity index is 2230. The van der Waals surface area contributed by atoms with Gasteiger partial charge in [-0.15, -0.1) is 0 Å². The van der Waals surface area contributed by atoms with Gasteiger partial charge in [-0.25, -0.2) is 9.13 Å². The van der Waals surface area contributed by atoms with Gasteiger partial charge in [-0.05, 0) is 141 Å². The Morgan fingerprint density at radius 1 is 0.290 bits per heavy atom. The number of hydrogen-bond acceptors (Lipinski definition) is 15. The van der Waals surface area contributed by atoms with E-state index in [1.54, 1.807) is 0 Å². The van der Waals surface area contributed by atoms with Gasteiger partial charge in [-0.2, -0.15) is 0 Å². The maximum absolute atomic E-state index is 13.1. The fraction of sp³-hybridized carbons (Fsp3) is 0.778. The molecular formula is C81H144O17P2. The van der Waals surface area contributed by atoms with Crippen LogP contribution in [0.1, 0.15) is 349 Å². The van der Waals surface area contributed by atoms with E-state index < -0.39 is 97.5 Å². The van der Waals surface area contributed by atoms with Crippen molar-refractivity contribution in [3.63, 3.8) is 0 Å². The molecule has 19 heteroatoms. The lowest BCUT2D eigenvalue weighted by Crippen LogP contribution is -2.30. The Kier molecular flexibility index (Phi) is 70.8. The Balaban J connectivity index is 5.38. The number of esters is 4. The van der Waals surface area contributed by atoms with E-state index in [1.807, 2.05) is 0 Å². The van der Waals surface area contributed by atoms with Gasteiger partial charge in [0.15, 0.2) is 12.2 Å². The highest BCUT2D eigenvalue weighted by molar-refractivity contribution is 7.47. The molecule has 100 heavy (non-hydrogen) atoms. The summed E-state index contributed by atoms with van der Waals surface area (Å²) >= 11 is 0. The SMILES string of the molecule is CCCCC/C=C\C/C=C\CCCCCCCC(=O)OC[C@H](COP(=O)(O)OC[C@H](O)COP(=O)(O)OC[C@@H](COC(=O)CCCCCCC/C=C\C=C/CCCCCC)OC(=O)CCCCCCC/C=C\CCCCCCCC)OC(=O)CCCCCCC/C=C\C/C=C\CCCCC. The summed E-state index contributed by atoms with van der Waals surface area (Å²) in [5.74, 6) is -2.21. The number of unbranched alkanes of at least 4 members (excludes halogenated alkanes) is 36. The molecule has 0 bridgehead atoms. The van der Waals surface area contributed by atoms with Crippen LogP contribution >= 0.6 is 15.6 Å². The largest absolute Gasteiger partial charge is 0.472 e. The molecule has 0 radical (unpaired) electrons. The smallest absolute Gasteiger partial charge is 0.462 e. The van der Waals surface area contributed by atoms with Crippen LogP contribution in [0.4, 0.5) is 0 Å². The predicted molar refractivity (Wildman–Crippen MR) is 409 cm³/mol. The highest BCUT2D eigenvalue weighted by atomic mass is 31.2. The Labute approximate surface area is 608 Å². The second-order valence-corrected chi connectivity index (χ2v) is 29.6. The van der Waals surface area contributed by atoms with Crippen molar-refractivity contribution in [2.45, 2.75) is 367 Å². The van der Waals surface area contributed by atoms with Crippen molar-refractivity contribution in [3.05, 3.63) is 85.1 Å². The van der Waals surface area contributed by atoms with Crippen molar-refractivity contribution >= 4 is 39.5 Å². The van der Waals surface area contributed by atoms with E-state index in [4.69, 9.17) is 37.0 Å². The maximum Gasteiger partial charge on any atom is 0.472 e. The number of phosphoric acid groups is 2. The molecule has 0 heterocycles. The number of carbonyl (C=O) groups is 4. The van der Waals surface area contributed by atoms with Crippen LogP contribution in [0.15, 0.2) is 85.1 Å². The molecule has 0 fully saturated rings. The molecule has 0 amide bonds. The third kappa shape index (κ3) is 72.6. The minimum absolute atomic E-state index is 0.0767. The minimum atomic E-state index is -4.98. The van der Waals surface area contributed by atoms with E-state index in [2.05, 4.69) is 113 Å². The molecule has 0 aromatic carbocycles. The van der Waals surface area contributed by atoms with E-state index in [-0.39, 0.29) is 25.7 Å². The topological polar surface area (TPSA) is 237 Å². The van der Waals surface area contributed by atoms with Gasteiger partial charge < -0.3 is 33.8 Å². The predicted octanol–water partition coefficient (Wildman–Crippen LogP) is 23.0. The molecule has 17 nitrogen and oxygen atoms in total. The lowest BCUT2D eigenvalue weighted by molar-refractivity contribution is -0.161. The van der Waals surface area contributed by atoms with Crippen molar-refractivity contribution < 1.29 is 80.2 Å². The highest BCUT2D eigenvalue weighted by Gasteiger charge is 2.30. The Hall–Kier alpha value is -3.76. The number of carbonyl (C=O) groups excluding carboxylic acids is 4. The molecule has 0 saturated heterocycles. The molecule has 0 aromatic rings. The van der Waals surface area contributed by atoms with Crippen molar-refractivity contribution in [2.75, 3.05) is 39.6 Å². The Morgan fingerprint density at radius 2 is 0.520 bits per heavy atom. The van der Waals surface area contributed by atoms with Crippen LogP contribution in [-0.2, 0) is 65.4 Å². The maximum atomic E-state index is 13.1. The summed E-state index contributed by atoms with van der Waals surface area (Å²) < 4.78 is 68.6. The second kappa shape index (κ2) is 73.5. The molecule has 0 rings (SSSR count). The standard InChI is InChI=1S/C81H144O17P2/c1-5-9-13-17-21-25-29-33-37-41-45-49-53-57-61-65-78(83)91-71-76(97-80(85)67-63-59-55-51-47-43-39-35-31-27-23-19-15-11-7-3)73-95-99(87,88)93-69-75(82)70-94-100(89,90)96-74-77(98-81(86)68-64-60-56-52-48-44-40-36-32-28-24-20-16-12-8-4)72-92-79(84)66-62-58-54-50-46-42-38-34-30-26-22-18-14-10-6-2/h21,23,25-27,30,33-40,75-77,82H,5-20,22,24,28-29,31-32,41-74H2,1-4H3,(H,87,88)(H,89,90)/b25-21-,27-23-,30-26-,37-33-,38-34-,39-35-,40-36-/t75-,76+,77+/m0/s1. The molecule has 5 atom stereocenters. The average molecular weight is 1450 g/mol. The highest BCUT2D eigenvalue weighted by Crippen LogP contribution is 2.45. The van der Waals surface area contributed by atoms with Crippen LogP contribution in [0.2, 0.25) is 0 Å². The minimum Gasteiger partial charge on any atom is -0.462 e. The summed E-state index contributed by atoms with van der Waals surface area (Å²) in [6, 6.07) is 0. The van der Waals surface area contributed by atoms with Gasteiger partial charge in [0, 0.05) is 25.7 Å². The van der Waals surface area contributed by atoms with Crippen LogP contribution in [0.5, 0.6) is 0 Å². The van der Waals surface area contributed by atoms with Gasteiger partial charge in [0.1, 0.15) is 19.3 Å². The summed E-state index contributed by atoms with van der Waals surface area (Å²) in [5.41, 5.74) is 0. The van der Waals surface area contributed by atoms with E-state index >= 15 is 0 Å². The molecule has 0 aromatic heterocycles. The number of phosphoric ester groups is 2. The molecule has 0 aliphatic carbocycles. The zero-order valence-electron chi connectivity index (χ0n) is 63.4. The summed E-state index contributed by atoms with van der Waals surface area (Å²) in [7, 11) is -9.96. The van der Waals surface area contributed by atoms with Crippen molar-refractivity contribution in [3.8, 4) is 0 Å². The van der Waals surface area contributed by atoms with E-state index in [0.29, 0.717) is 25.7 Å². The van der Waals surface area contributed by atoms with E-state index in [0.717, 1.165) is 167 Å². The molecule has 2 unspecified atom stereocenters. The molecule has 0 spiro atoms. The summed E-state index contributed by atoms with van der Waals surface area (Å²) in [6.07, 6.45) is 75.5. The molecule has 0 saturated carbocycles. The quantitative estimate of drug-likeness (QED) is 0.0128. The first-order valence-corrected chi connectivity index (χ1v) is 42.8. The first-order valence-electron chi connectivity index (χ1n) is 39.8. The third-order valence-corrected chi connectivity index (χ3v) is 18.7. The van der Waals surface area contributed by atoms with Gasteiger partial charge in [0.25, 0.3) is 0 Å². The second-order valence-electron chi connectivity index (χ2n) is 26.7. The van der Waals surface area contributed by atoms with Gasteiger partial charge in [-0.1, -0.05) is 267 Å². The van der Waals surface area contributed by atoms with Gasteiger partial charge in [0.05, 0.1) is 26.4 Å². The monoisotopic (exact) mass is 1450 g/mol. The first-order chi connectivity index (χ1) is 48.7. The van der Waals surface area contributed by atoms with Crippen LogP contribution in [-0.4, -0.2) is 96.7 Å². The normalized spacial score (nSPS) is 14.3. The number of ether oxygens (including phenoxy) is 4. The van der Waals surface area contributed by atoms with Gasteiger partial charge in [0.2, 0.25) is 0 Å². The molecule has 3 N–H and O–H groups in total. The van der Waals surface area contributed by atoms with Gasteiger partial charge in [-0.3, -0.25) is 37.3 Å². The molecule has 0 aliphatic rings. The lowest BCUT2D eigenvalue weighted by atomic mass is 10.1. The molecular weight excluding hydrogens is 1310 g/mol. The van der Waals surface area contributed by atoms with Crippen molar-refractivity contribution in [1.82, 2.24) is 0 Å². The van der Waals surface area contributed by atoms with E-state index in [9.17, 15) is 43.2 Å². The zero-order chi connectivity index (χ0) is 73.2.